The zero-order valence-corrected chi connectivity index (χ0v) is 47.2. The van der Waals surface area contributed by atoms with Crippen molar-refractivity contribution in [3.8, 4) is 28.4 Å². The lowest BCUT2D eigenvalue weighted by molar-refractivity contribution is 0.105. The molecule has 5 heteroatoms. The fraction of sp³-hybridized carbons (Fsp3) is 0.189. The summed E-state index contributed by atoms with van der Waals surface area (Å²) in [6.07, 6.45) is 4.67. The summed E-state index contributed by atoms with van der Waals surface area (Å²) in [5, 5.41) is 0. The maximum absolute atomic E-state index is 6.59. The molecule has 0 fully saturated rings. The molecule has 0 radical (unpaired) electrons. The fourth-order valence-corrected chi connectivity index (χ4v) is 12.1. The van der Waals surface area contributed by atoms with Crippen molar-refractivity contribution in [1.29, 1.82) is 0 Å². The van der Waals surface area contributed by atoms with Gasteiger partial charge in [0.25, 0.3) is 0 Å². The van der Waals surface area contributed by atoms with Crippen LogP contribution in [-0.4, -0.2) is 5.60 Å². The molecule has 0 saturated carbocycles. The number of ether oxygens (including phenoxy) is 2. The van der Waals surface area contributed by atoms with Crippen LogP contribution in [0.1, 0.15) is 88.6 Å². The minimum absolute atomic E-state index is 0.114. The molecule has 0 amide bonds. The van der Waals surface area contributed by atoms with E-state index < -0.39 is 5.41 Å². The smallest absolute Gasteiger partial charge is 0.127 e. The molecule has 79 heavy (non-hydrogen) atoms. The van der Waals surface area contributed by atoms with Gasteiger partial charge < -0.3 is 19.3 Å². The Balaban J connectivity index is 1.00. The SMILES string of the molecule is CCC(C)(C)Oc1ccc(Sc2ccc(Oc3ccc(CC4(Cc5ccc(C(C)(CC)CC)cc5)c5cc(N(c6ccccc6)c6ccccc6)ccc5-c5ccc(N(c6ccccc6)c6ccccc6)cc54)cc3)cc2)cc1. The van der Waals surface area contributed by atoms with Crippen molar-refractivity contribution in [2.24, 2.45) is 0 Å². The van der Waals surface area contributed by atoms with Gasteiger partial charge >= 0.3 is 0 Å². The first-order chi connectivity index (χ1) is 38.5. The average Bonchev–Trinajstić information content (AvgIpc) is 4.00. The molecule has 0 spiro atoms. The van der Waals surface area contributed by atoms with E-state index in [0.717, 1.165) is 93.3 Å². The van der Waals surface area contributed by atoms with E-state index >= 15 is 0 Å². The van der Waals surface area contributed by atoms with Gasteiger partial charge in [-0.25, -0.2) is 0 Å². The standard InChI is InChI=1S/C74H70N2O2S/c1-7-72(4,5)78-65-42-46-67(47-43-65)79-66-44-40-64(41-45-66)77-63-38-32-55(33-39-63)53-74(52-54-30-34-56(35-31-54)73(6,8-2)9-3)70-50-61(75(57-22-14-10-15-23-57)58-24-16-11-17-25-58)36-48-68(70)69-49-37-62(51-71(69)74)76(59-26-18-12-19-27-59)60-28-20-13-21-29-60/h10-51H,7-9,52-53H2,1-6H3. The second-order valence-electron chi connectivity index (χ2n) is 21.9. The first kappa shape index (κ1) is 52.8. The topological polar surface area (TPSA) is 24.9 Å². The number of nitrogens with zero attached hydrogens (tertiary/aromatic N) is 2. The summed E-state index contributed by atoms with van der Waals surface area (Å²) >= 11 is 1.73. The molecule has 0 N–H and O–H groups in total. The predicted octanol–water partition coefficient (Wildman–Crippen LogP) is 21.0. The molecule has 10 aromatic carbocycles. The predicted molar refractivity (Wildman–Crippen MR) is 332 cm³/mol. The first-order valence-electron chi connectivity index (χ1n) is 28.1. The van der Waals surface area contributed by atoms with E-state index in [-0.39, 0.29) is 11.0 Å². The summed E-state index contributed by atoms with van der Waals surface area (Å²) < 4.78 is 12.8. The molecular formula is C74H70N2O2S. The number of rotatable bonds is 20. The molecule has 0 unspecified atom stereocenters. The molecule has 1 aliphatic rings. The summed E-state index contributed by atoms with van der Waals surface area (Å²) in [6, 6.07) is 92.7. The highest BCUT2D eigenvalue weighted by atomic mass is 32.2. The highest BCUT2D eigenvalue weighted by Gasteiger charge is 2.44. The Morgan fingerprint density at radius 1 is 0.380 bits per heavy atom. The highest BCUT2D eigenvalue weighted by Crippen LogP contribution is 2.56. The second kappa shape index (κ2) is 23.0. The highest BCUT2D eigenvalue weighted by molar-refractivity contribution is 7.99. The number of hydrogen-bond acceptors (Lipinski definition) is 5. The van der Waals surface area contributed by atoms with E-state index in [9.17, 15) is 0 Å². The number of fused-ring (bicyclic) bond motifs is 3. The van der Waals surface area contributed by atoms with E-state index in [1.807, 2.05) is 0 Å². The van der Waals surface area contributed by atoms with Gasteiger partial charge in [-0.2, -0.15) is 0 Å². The van der Waals surface area contributed by atoms with Gasteiger partial charge in [0.1, 0.15) is 22.8 Å². The van der Waals surface area contributed by atoms with Crippen molar-refractivity contribution in [1.82, 2.24) is 0 Å². The lowest BCUT2D eigenvalue weighted by Gasteiger charge is -2.35. The van der Waals surface area contributed by atoms with Crippen LogP contribution in [0, 0.1) is 0 Å². The number of para-hydroxylation sites is 4. The van der Waals surface area contributed by atoms with Crippen molar-refractivity contribution in [2.45, 2.75) is 99.9 Å². The van der Waals surface area contributed by atoms with Crippen LogP contribution in [0.15, 0.2) is 265 Å². The largest absolute Gasteiger partial charge is 0.488 e. The average molecular weight is 1050 g/mol. The summed E-state index contributed by atoms with van der Waals surface area (Å²) in [5.41, 5.74) is 15.2. The van der Waals surface area contributed by atoms with Gasteiger partial charge in [0.05, 0.1) is 0 Å². The molecule has 0 heterocycles. The molecule has 1 aliphatic carbocycles. The molecule has 0 bridgehead atoms. The van der Waals surface area contributed by atoms with Crippen LogP contribution in [0.25, 0.3) is 11.1 Å². The molecule has 10 aromatic rings. The van der Waals surface area contributed by atoms with E-state index in [0.29, 0.717) is 0 Å². The molecule has 394 valence electrons. The van der Waals surface area contributed by atoms with E-state index in [4.69, 9.17) is 9.47 Å². The van der Waals surface area contributed by atoms with Gasteiger partial charge in [0.15, 0.2) is 0 Å². The van der Waals surface area contributed by atoms with Crippen LogP contribution in [0.3, 0.4) is 0 Å². The van der Waals surface area contributed by atoms with Crippen LogP contribution >= 0.6 is 11.8 Å². The van der Waals surface area contributed by atoms with E-state index in [1.165, 1.54) is 38.9 Å². The van der Waals surface area contributed by atoms with Crippen molar-refractivity contribution < 1.29 is 9.47 Å². The van der Waals surface area contributed by atoms with E-state index in [2.05, 4.69) is 306 Å². The Morgan fingerprint density at radius 3 is 1.13 bits per heavy atom. The maximum Gasteiger partial charge on any atom is 0.127 e. The Kier molecular flexibility index (Phi) is 15.4. The van der Waals surface area contributed by atoms with E-state index in [1.54, 1.807) is 11.8 Å². The summed E-state index contributed by atoms with van der Waals surface area (Å²) in [5.74, 6) is 2.49. The van der Waals surface area contributed by atoms with Crippen LogP contribution in [0.2, 0.25) is 0 Å². The molecule has 11 rings (SSSR count). The Labute approximate surface area is 473 Å². The Bertz CT molecular complexity index is 3390. The van der Waals surface area contributed by atoms with Crippen LogP contribution in [0.4, 0.5) is 34.1 Å². The molecule has 4 nitrogen and oxygen atoms in total. The Morgan fingerprint density at radius 2 is 0.747 bits per heavy atom. The van der Waals surface area contributed by atoms with Gasteiger partial charge in [-0.3, -0.25) is 0 Å². The van der Waals surface area contributed by atoms with Gasteiger partial charge in [-0.15, -0.1) is 0 Å². The lowest BCUT2D eigenvalue weighted by atomic mass is 9.69. The monoisotopic (exact) mass is 1050 g/mol. The zero-order chi connectivity index (χ0) is 54.4. The third kappa shape index (κ3) is 11.4. The van der Waals surface area contributed by atoms with Crippen molar-refractivity contribution >= 4 is 45.9 Å². The first-order valence-corrected chi connectivity index (χ1v) is 28.9. The quantitative estimate of drug-likeness (QED) is 0.0757. The zero-order valence-electron chi connectivity index (χ0n) is 46.4. The van der Waals surface area contributed by atoms with Crippen LogP contribution in [-0.2, 0) is 23.7 Å². The lowest BCUT2D eigenvalue weighted by Crippen LogP contribution is -2.31. The summed E-state index contributed by atoms with van der Waals surface area (Å²) in [7, 11) is 0. The number of benzene rings is 10. The second-order valence-corrected chi connectivity index (χ2v) is 23.0. The van der Waals surface area contributed by atoms with Gasteiger partial charge in [-0.05, 0) is 224 Å². The number of hydrogen-bond donors (Lipinski definition) is 0. The molecule has 0 atom stereocenters. The van der Waals surface area contributed by atoms with Gasteiger partial charge in [0.2, 0.25) is 0 Å². The normalized spacial score (nSPS) is 12.6. The number of anilines is 6. The van der Waals surface area contributed by atoms with Gasteiger partial charge in [0, 0.05) is 49.3 Å². The third-order valence-electron chi connectivity index (χ3n) is 16.4. The minimum atomic E-state index is -0.496. The third-order valence-corrected chi connectivity index (χ3v) is 17.4. The summed E-state index contributed by atoms with van der Waals surface area (Å²) in [4.78, 5) is 7.10. The van der Waals surface area contributed by atoms with Crippen LogP contribution in [0.5, 0.6) is 17.2 Å². The fourth-order valence-electron chi connectivity index (χ4n) is 11.3. The van der Waals surface area contributed by atoms with Crippen LogP contribution < -0.4 is 19.3 Å². The van der Waals surface area contributed by atoms with Crippen molar-refractivity contribution in [2.75, 3.05) is 9.80 Å². The molecule has 0 aliphatic heterocycles. The Hall–Kier alpha value is -8.25. The molecule has 0 saturated heterocycles. The minimum Gasteiger partial charge on any atom is -0.488 e. The molecule has 0 aromatic heterocycles. The summed E-state index contributed by atoms with van der Waals surface area (Å²) in [6.45, 7) is 13.4. The van der Waals surface area contributed by atoms with Crippen molar-refractivity contribution in [3.05, 3.63) is 283 Å². The van der Waals surface area contributed by atoms with Gasteiger partial charge in [-0.1, -0.05) is 161 Å². The molecular weight excluding hydrogens is 981 g/mol. The maximum atomic E-state index is 6.59. The van der Waals surface area contributed by atoms with Crippen molar-refractivity contribution in [3.63, 3.8) is 0 Å².